The molecule has 0 radical (unpaired) electrons. The van der Waals surface area contributed by atoms with Crippen LogP contribution in [0.4, 0.5) is 0 Å². The van der Waals surface area contributed by atoms with E-state index in [4.69, 9.17) is 18.9 Å². The molecule has 2 rings (SSSR count). The fraction of sp³-hybridized carbons (Fsp3) is 0.400. The van der Waals surface area contributed by atoms with Crippen molar-refractivity contribution < 1.29 is 29.2 Å². The Morgan fingerprint density at radius 2 is 1.15 bits per heavy atom. The molecule has 2 aromatic rings. The van der Waals surface area contributed by atoms with E-state index in [-0.39, 0.29) is 17.1 Å². The van der Waals surface area contributed by atoms with E-state index < -0.39 is 0 Å². The van der Waals surface area contributed by atoms with Crippen molar-refractivity contribution >= 4 is 0 Å². The van der Waals surface area contributed by atoms with Gasteiger partial charge in [0, 0.05) is 0 Å². The van der Waals surface area contributed by atoms with Gasteiger partial charge in [-0.25, -0.2) is 0 Å². The number of phenolic OH excluding ortho intramolecular Hbond substituents is 2. The number of methoxy groups -OCH3 is 3. The molecular weight excluding hydrogens is 336 g/mol. The second kappa shape index (κ2) is 9.08. The first-order chi connectivity index (χ1) is 12.1. The standard InChI is InChI=1S/C11H16O3.C9H12O3/c1-11(2,3)14-9-7-5-6-8(13-4)10(9)12;1-6-4-7(11-2)9(10)8(5-6)12-3/h5-7,12H,1-4H3;4-5,10H,1-3H3. The highest BCUT2D eigenvalue weighted by Crippen LogP contribution is 2.37. The molecule has 0 saturated carbocycles. The Balaban J connectivity index is 0.000000263. The van der Waals surface area contributed by atoms with Crippen molar-refractivity contribution in [3.63, 3.8) is 0 Å². The van der Waals surface area contributed by atoms with Gasteiger partial charge >= 0.3 is 0 Å². The van der Waals surface area contributed by atoms with Crippen LogP contribution >= 0.6 is 0 Å². The Hall–Kier alpha value is -2.76. The van der Waals surface area contributed by atoms with Crippen molar-refractivity contribution in [2.75, 3.05) is 21.3 Å². The van der Waals surface area contributed by atoms with E-state index in [1.807, 2.05) is 27.7 Å². The number of para-hydroxylation sites is 1. The number of aryl methyl sites for hydroxylation is 1. The molecule has 2 aromatic carbocycles. The van der Waals surface area contributed by atoms with Crippen LogP contribution in [-0.4, -0.2) is 37.1 Å². The maximum atomic E-state index is 9.70. The number of ether oxygens (including phenoxy) is 4. The zero-order valence-corrected chi connectivity index (χ0v) is 16.4. The SMILES string of the molecule is COc1cc(C)cc(OC)c1O.COc1cccc(OC(C)(C)C)c1O. The minimum atomic E-state index is -0.330. The van der Waals surface area contributed by atoms with Crippen molar-refractivity contribution in [3.05, 3.63) is 35.9 Å². The summed E-state index contributed by atoms with van der Waals surface area (Å²) < 4.78 is 20.4. The highest BCUT2D eigenvalue weighted by atomic mass is 16.5. The Bertz CT molecular complexity index is 694. The molecule has 144 valence electrons. The van der Waals surface area contributed by atoms with Gasteiger partial charge in [-0.15, -0.1) is 0 Å². The molecule has 0 bridgehead atoms. The average molecular weight is 364 g/mol. The molecule has 0 saturated heterocycles. The minimum absolute atomic E-state index is 0.0462. The predicted molar refractivity (Wildman–Crippen MR) is 101 cm³/mol. The molecular formula is C20H28O6. The molecule has 0 aliphatic rings. The Morgan fingerprint density at radius 3 is 1.58 bits per heavy atom. The molecule has 0 aliphatic carbocycles. The largest absolute Gasteiger partial charge is 0.502 e. The van der Waals surface area contributed by atoms with Gasteiger partial charge in [0.05, 0.1) is 21.3 Å². The van der Waals surface area contributed by atoms with E-state index in [2.05, 4.69) is 0 Å². The topological polar surface area (TPSA) is 77.4 Å². The number of rotatable bonds is 4. The van der Waals surface area contributed by atoms with E-state index in [0.717, 1.165) is 5.56 Å². The molecule has 6 heteroatoms. The molecule has 0 atom stereocenters. The van der Waals surface area contributed by atoms with Crippen LogP contribution < -0.4 is 18.9 Å². The van der Waals surface area contributed by atoms with E-state index in [0.29, 0.717) is 23.0 Å². The van der Waals surface area contributed by atoms with Crippen LogP contribution in [0.2, 0.25) is 0 Å². The number of hydrogen-bond acceptors (Lipinski definition) is 6. The van der Waals surface area contributed by atoms with Crippen molar-refractivity contribution in [3.8, 4) is 34.5 Å². The van der Waals surface area contributed by atoms with Gasteiger partial charge in [-0.2, -0.15) is 0 Å². The van der Waals surface area contributed by atoms with E-state index in [1.165, 1.54) is 21.3 Å². The predicted octanol–water partition coefficient (Wildman–Crippen LogP) is 4.30. The molecule has 2 N–H and O–H groups in total. The van der Waals surface area contributed by atoms with Crippen LogP contribution in [0.25, 0.3) is 0 Å². The minimum Gasteiger partial charge on any atom is -0.502 e. The molecule has 0 unspecified atom stereocenters. The summed E-state index contributed by atoms with van der Waals surface area (Å²) in [5.41, 5.74) is 0.658. The fourth-order valence-electron chi connectivity index (χ4n) is 2.10. The zero-order chi connectivity index (χ0) is 19.9. The highest BCUT2D eigenvalue weighted by Gasteiger charge is 2.16. The summed E-state index contributed by atoms with van der Waals surface area (Å²) in [6.07, 6.45) is 0. The summed E-state index contributed by atoms with van der Waals surface area (Å²) in [7, 11) is 4.53. The molecule has 0 amide bonds. The first-order valence-corrected chi connectivity index (χ1v) is 8.09. The van der Waals surface area contributed by atoms with Crippen molar-refractivity contribution in [1.29, 1.82) is 0 Å². The van der Waals surface area contributed by atoms with Gasteiger partial charge in [-0.1, -0.05) is 6.07 Å². The van der Waals surface area contributed by atoms with E-state index in [1.54, 1.807) is 30.3 Å². The summed E-state index contributed by atoms with van der Waals surface area (Å²) in [6.45, 7) is 7.67. The van der Waals surface area contributed by atoms with Crippen LogP contribution in [0.15, 0.2) is 30.3 Å². The lowest BCUT2D eigenvalue weighted by molar-refractivity contribution is 0.125. The average Bonchev–Trinajstić information content (AvgIpc) is 2.58. The summed E-state index contributed by atoms with van der Waals surface area (Å²) in [4.78, 5) is 0. The Labute approximate surface area is 154 Å². The van der Waals surface area contributed by atoms with Gasteiger partial charge < -0.3 is 29.2 Å². The van der Waals surface area contributed by atoms with Crippen molar-refractivity contribution in [2.45, 2.75) is 33.3 Å². The molecule has 0 aliphatic heterocycles. The highest BCUT2D eigenvalue weighted by molar-refractivity contribution is 5.52. The van der Waals surface area contributed by atoms with Crippen LogP contribution in [0.5, 0.6) is 34.5 Å². The third kappa shape index (κ3) is 5.95. The van der Waals surface area contributed by atoms with E-state index >= 15 is 0 Å². The molecule has 6 nitrogen and oxygen atoms in total. The molecule has 0 aromatic heterocycles. The maximum absolute atomic E-state index is 9.70. The first-order valence-electron chi connectivity index (χ1n) is 8.09. The first kappa shape index (κ1) is 21.3. The van der Waals surface area contributed by atoms with Gasteiger partial charge in [-0.3, -0.25) is 0 Å². The number of phenols is 2. The fourth-order valence-corrected chi connectivity index (χ4v) is 2.10. The molecule has 0 heterocycles. The van der Waals surface area contributed by atoms with Crippen LogP contribution in [-0.2, 0) is 0 Å². The van der Waals surface area contributed by atoms with Crippen molar-refractivity contribution in [2.24, 2.45) is 0 Å². The quantitative estimate of drug-likeness (QED) is 0.842. The third-order valence-electron chi connectivity index (χ3n) is 3.22. The number of benzene rings is 2. The normalized spacial score (nSPS) is 10.4. The molecule has 26 heavy (non-hydrogen) atoms. The Morgan fingerprint density at radius 1 is 0.731 bits per heavy atom. The third-order valence-corrected chi connectivity index (χ3v) is 3.22. The number of aromatic hydroxyl groups is 2. The number of hydrogen-bond donors (Lipinski definition) is 2. The Kier molecular flexibility index (Phi) is 7.43. The van der Waals surface area contributed by atoms with Gasteiger partial charge in [-0.05, 0) is 57.5 Å². The second-order valence-electron chi connectivity index (χ2n) is 6.54. The van der Waals surface area contributed by atoms with E-state index in [9.17, 15) is 10.2 Å². The molecule has 0 fully saturated rings. The smallest absolute Gasteiger partial charge is 0.200 e. The summed E-state index contributed by atoms with van der Waals surface area (Å²) >= 11 is 0. The van der Waals surface area contributed by atoms with Crippen LogP contribution in [0.3, 0.4) is 0 Å². The summed E-state index contributed by atoms with van der Waals surface area (Å²) in [5.74, 6) is 1.83. The lowest BCUT2D eigenvalue weighted by atomic mass is 10.2. The summed E-state index contributed by atoms with van der Waals surface area (Å²) in [6, 6.07) is 8.67. The monoisotopic (exact) mass is 364 g/mol. The van der Waals surface area contributed by atoms with Crippen LogP contribution in [0.1, 0.15) is 26.3 Å². The maximum Gasteiger partial charge on any atom is 0.200 e. The van der Waals surface area contributed by atoms with Gasteiger partial charge in [0.25, 0.3) is 0 Å². The van der Waals surface area contributed by atoms with Gasteiger partial charge in [0.1, 0.15) is 5.60 Å². The van der Waals surface area contributed by atoms with Crippen molar-refractivity contribution in [1.82, 2.24) is 0 Å². The lowest BCUT2D eigenvalue weighted by Gasteiger charge is -2.22. The molecule has 0 spiro atoms. The summed E-state index contributed by atoms with van der Waals surface area (Å²) in [5, 5.41) is 19.2. The van der Waals surface area contributed by atoms with Gasteiger partial charge in [0.2, 0.25) is 11.5 Å². The van der Waals surface area contributed by atoms with Gasteiger partial charge in [0.15, 0.2) is 23.0 Å². The van der Waals surface area contributed by atoms with Crippen LogP contribution in [0, 0.1) is 6.92 Å². The zero-order valence-electron chi connectivity index (χ0n) is 16.4. The second-order valence-corrected chi connectivity index (χ2v) is 6.54. The lowest BCUT2D eigenvalue weighted by Crippen LogP contribution is -2.22.